The number of aromatic nitrogens is 4. The maximum atomic E-state index is 15.5. The molecule has 94 heavy (non-hydrogen) atoms. The number of carboxylic acid groups (broad SMARTS) is 1. The van der Waals surface area contributed by atoms with Crippen LogP contribution in [0.25, 0.3) is 33.8 Å². The Balaban J connectivity index is 0.000000222. The molecular formula is C65H78F2I10N8O5S4. The fourth-order valence-electron chi connectivity index (χ4n) is 12.7. The molecule has 10 heterocycles. The van der Waals surface area contributed by atoms with Crippen LogP contribution in [-0.2, 0) is 22.4 Å². The number of anilines is 2. The maximum absolute atomic E-state index is 15.5. The van der Waals surface area contributed by atoms with Gasteiger partial charge in [0.2, 0.25) is 0 Å². The van der Waals surface area contributed by atoms with Crippen molar-refractivity contribution in [3.63, 3.8) is 0 Å². The van der Waals surface area contributed by atoms with E-state index in [1.807, 2.05) is 79.5 Å². The normalized spacial score (nSPS) is 19.3. The molecule has 0 spiro atoms. The van der Waals surface area contributed by atoms with Crippen molar-refractivity contribution in [2.75, 3.05) is 49.1 Å². The molecule has 13 nitrogen and oxygen atoms in total. The number of benzene rings is 2. The van der Waals surface area contributed by atoms with E-state index in [0.717, 1.165) is 79.6 Å². The van der Waals surface area contributed by atoms with Crippen LogP contribution in [0.2, 0.25) is 0 Å². The minimum Gasteiger partial charge on any atom is -0.197 e. The van der Waals surface area contributed by atoms with Crippen molar-refractivity contribution in [1.82, 2.24) is 28.6 Å². The molecule has 2 saturated heterocycles. The number of carboxylic acids is 1. The van der Waals surface area contributed by atoms with Crippen LogP contribution >= 0.6 is 193 Å². The van der Waals surface area contributed by atoms with Crippen molar-refractivity contribution in [2.45, 2.75) is 125 Å². The average molecular weight is 2490 g/mol. The van der Waals surface area contributed by atoms with Crippen molar-refractivity contribution >= 4 is 239 Å². The Morgan fingerprint density at radius 2 is 0.968 bits per heavy atom. The molecule has 29 heteroatoms. The minimum atomic E-state index is -0.811. The monoisotopic (exact) mass is 2490 g/mol. The number of Topliss-reactive ketones (excluding diaryl/α,β-unsaturated/α-hetero) is 1. The van der Waals surface area contributed by atoms with Crippen molar-refractivity contribution < 1.29 is 33.1 Å². The Labute approximate surface area is 648 Å². The summed E-state index contributed by atoms with van der Waals surface area (Å²) >= 11 is 20.4. The number of carbonyl (C=O) groups is 4. The van der Waals surface area contributed by atoms with Crippen LogP contribution in [0.15, 0.2) is 96.2 Å². The van der Waals surface area contributed by atoms with Gasteiger partial charge in [0.25, 0.3) is 11.8 Å². The summed E-state index contributed by atoms with van der Waals surface area (Å²) in [6, 6.07) is 18.6. The molecule has 4 aliphatic heterocycles. The molecule has 6 aliphatic rings. The second kappa shape index (κ2) is 36.0. The summed E-state index contributed by atoms with van der Waals surface area (Å²) in [5.41, 5.74) is 10.8. The van der Waals surface area contributed by atoms with Crippen LogP contribution < -0.4 is 9.80 Å². The number of nitrogens with zero attached hydrogens (tertiary/aromatic N) is 8. The molecule has 4 atom stereocenters. The number of amides is 2. The van der Waals surface area contributed by atoms with Gasteiger partial charge >= 0.3 is 149 Å². The zero-order chi connectivity index (χ0) is 62.7. The van der Waals surface area contributed by atoms with Crippen LogP contribution in [0.1, 0.15) is 165 Å². The zero-order valence-corrected chi connectivity index (χ0v) is 74.5. The van der Waals surface area contributed by atoms with E-state index in [9.17, 15) is 24.3 Å². The van der Waals surface area contributed by atoms with E-state index in [-0.39, 0.29) is 122 Å². The maximum Gasteiger partial charge on any atom is -0.197 e. The van der Waals surface area contributed by atoms with Crippen LogP contribution in [0.4, 0.5) is 20.2 Å². The molecule has 0 bridgehead atoms. The third-order valence-corrected chi connectivity index (χ3v) is 515. The first-order chi connectivity index (χ1) is 42.7. The number of fused-ring (bicyclic) bond motifs is 4. The van der Waals surface area contributed by atoms with Crippen LogP contribution in [-0.4, -0.2) is 96.5 Å². The molecule has 516 valence electrons. The van der Waals surface area contributed by atoms with Gasteiger partial charge in [0.05, 0.1) is 40.5 Å². The van der Waals surface area contributed by atoms with Crippen LogP contribution in [0.5, 0.6) is 0 Å². The van der Waals surface area contributed by atoms with Crippen molar-refractivity contribution in [1.29, 1.82) is 0 Å². The average Bonchev–Trinajstić information content (AvgIpc) is 1.59. The van der Waals surface area contributed by atoms with E-state index >= 15 is 8.78 Å². The molecule has 2 aromatic carbocycles. The molecule has 2 amide bonds. The zero-order valence-electron chi connectivity index (χ0n) is 49.3. The first-order valence-corrected chi connectivity index (χ1v) is 87.5. The number of rotatable bonds is 14. The van der Waals surface area contributed by atoms with Crippen LogP contribution in [0.3, 0.4) is 0 Å². The number of imidazole rings is 2. The number of thiophene rings is 2. The minimum absolute atomic E-state index is 0. The molecule has 2 aliphatic carbocycles. The summed E-state index contributed by atoms with van der Waals surface area (Å²) in [6.45, 7) is 9.88. The van der Waals surface area contributed by atoms with E-state index in [0.29, 0.717) is 96.7 Å². The Bertz CT molecular complexity index is 4010. The van der Waals surface area contributed by atoms with Gasteiger partial charge in [-0.2, -0.15) is 27.0 Å². The molecule has 6 aromatic heterocycles. The quantitative estimate of drug-likeness (QED) is 0.106. The summed E-state index contributed by atoms with van der Waals surface area (Å²) < 4.78 is 34.7. The van der Waals surface area contributed by atoms with E-state index in [1.54, 1.807) is 40.9 Å². The van der Waals surface area contributed by atoms with Crippen molar-refractivity contribution in [3.05, 3.63) is 151 Å². The third-order valence-electron chi connectivity index (χ3n) is 17.7. The molecule has 1 N–H and O–H groups in total. The fourth-order valence-corrected chi connectivity index (χ4v) is 853. The van der Waals surface area contributed by atoms with Crippen LogP contribution in [0, 0.1) is 23.5 Å². The van der Waals surface area contributed by atoms with E-state index < -0.39 is 17.7 Å². The van der Waals surface area contributed by atoms with Gasteiger partial charge < -0.3 is 33.5 Å². The SMILES string of the molecule is C.C.C.CCC(=O)[C@H]1CCN(c2ccc(-c3cn4cc(C(=O)N5CCc6sccc6[C@H]5C)cc(C5CC5)c4n3)c(F)c2)C1.C[C@@H]1c2ccsc2CCN1C(=O)c1cc(C2CC2)c2nc(-c3ccc(N4CC[C@H](C(=O)O)C4)cc3F)cn2c1.II(I)I(I)I(I)I(I)I.S.S. The fraction of sp³-hybridized carbons (Fsp3) is 0.415. The first-order valence-electron chi connectivity index (χ1n) is 29.2. The predicted octanol–water partition coefficient (Wildman–Crippen LogP) is 23.4. The number of carbonyl (C=O) groups excluding carboxylic acids is 3. The van der Waals surface area contributed by atoms with E-state index in [4.69, 9.17) is 9.97 Å². The Morgan fingerprint density at radius 1 is 0.564 bits per heavy atom. The van der Waals surface area contributed by atoms with Gasteiger partial charge in [-0.1, -0.05) is 29.2 Å². The largest absolute Gasteiger partial charge is 0.197 e. The summed E-state index contributed by atoms with van der Waals surface area (Å²) in [5, 5.41) is 13.5. The van der Waals surface area contributed by atoms with Gasteiger partial charge in [0.15, 0.2) is 0 Å². The second-order valence-electron chi connectivity index (χ2n) is 23.1. The van der Waals surface area contributed by atoms with E-state index in [1.165, 1.54) is 26.9 Å². The molecule has 4 fully saturated rings. The number of halogens is 12. The van der Waals surface area contributed by atoms with Gasteiger partial charge in [0.1, 0.15) is 28.7 Å². The van der Waals surface area contributed by atoms with Crippen molar-refractivity contribution in [2.24, 2.45) is 11.8 Å². The number of ketones is 1. The van der Waals surface area contributed by atoms with Gasteiger partial charge in [-0.3, -0.25) is 19.2 Å². The smallest absolute Gasteiger partial charge is 0.197 e. The second-order valence-corrected chi connectivity index (χ2v) is 220. The first kappa shape index (κ1) is 82.1. The standard InChI is InChI=1S/C32H33FN4O2S.C30H29FN4O3S.3CH4.I10.2H2S/c1-3-29(38)21-8-11-35(16-21)23-6-7-25(27(33)15-23)28-18-36-17-22(14-26(20-4-5-20)31(36)34-28)32(39)37-12-9-30-24(19(37)2)10-13-40-30;1-17-22-8-11-39-27(22)7-10-35(17)29(36)20-12-24(18-2-3-18)28-32-26(16-34(28)15-20)23-5-4-21(13-25(23)31)33-9-6-19(14-33)30(37)38;;;;1-7(2)9(5)10(6)8(3)4;;/h6-7,10,13-15,17-21H,3-5,8-9,11-12,16H2,1-2H3;4-5,8,11-13,15-19H,2-3,6-7,9-10,14H2,1H3,(H,37,38);3*1H4;;2*1H2/t19-,21+;17-,19+;;;;;;/m11....../s1. The summed E-state index contributed by atoms with van der Waals surface area (Å²) in [4.78, 5) is 71.3. The van der Waals surface area contributed by atoms with Gasteiger partial charge in [-0.25, -0.2) is 18.7 Å². The molecule has 8 aromatic rings. The predicted molar refractivity (Wildman–Crippen MR) is 485 cm³/mol. The number of aliphatic carboxylic acids is 1. The third kappa shape index (κ3) is 18.3. The van der Waals surface area contributed by atoms with Gasteiger partial charge in [-0.05, 0) is 171 Å². The molecule has 2 saturated carbocycles. The molecule has 0 radical (unpaired) electrons. The Morgan fingerprint density at radius 3 is 1.33 bits per heavy atom. The molecule has 0 unspecified atom stereocenters. The number of pyridine rings is 2. The summed E-state index contributed by atoms with van der Waals surface area (Å²) in [5.74, 6) is -0.862. The Hall–Kier alpha value is 0.760. The molecule has 14 rings (SSSR count). The van der Waals surface area contributed by atoms with Crippen molar-refractivity contribution in [3.8, 4) is 22.5 Å². The molecular weight excluding hydrogens is 2410 g/mol. The topological polar surface area (TPSA) is 136 Å². The van der Waals surface area contributed by atoms with Gasteiger partial charge in [0, 0.05) is 109 Å². The van der Waals surface area contributed by atoms with Gasteiger partial charge in [-0.15, -0.1) is 22.7 Å². The van der Waals surface area contributed by atoms with E-state index in [2.05, 4.69) is 153 Å². The summed E-state index contributed by atoms with van der Waals surface area (Å²) in [6.07, 6.45) is 15.3. The number of hydrogen-bond acceptors (Lipinski definition) is 10. The Kier molecular flexibility index (Phi) is 31.4. The number of hydrogen-bond donors (Lipinski definition) is 1. The summed E-state index contributed by atoms with van der Waals surface area (Å²) in [7, 11) is -1.31.